The Hall–Kier alpha value is -3.23. The summed E-state index contributed by atoms with van der Waals surface area (Å²) in [6.45, 7) is 3.94. The predicted molar refractivity (Wildman–Crippen MR) is 151 cm³/mol. The Balaban J connectivity index is 0.00000400. The number of aryl methyl sites for hydroxylation is 1. The van der Waals surface area contributed by atoms with Crippen molar-refractivity contribution in [1.82, 2.24) is 15.2 Å². The first-order chi connectivity index (χ1) is 17.6. The molecule has 2 aromatic carbocycles. The second-order valence-electron chi connectivity index (χ2n) is 10.8. The van der Waals surface area contributed by atoms with Gasteiger partial charge in [0, 0.05) is 26.6 Å². The third kappa shape index (κ3) is 6.42. The van der Waals surface area contributed by atoms with E-state index in [0.29, 0.717) is 25.8 Å². The summed E-state index contributed by atoms with van der Waals surface area (Å²) < 4.78 is 0. The first-order valence-electron chi connectivity index (χ1n) is 12.9. The zero-order chi connectivity index (χ0) is 26.6. The van der Waals surface area contributed by atoms with Crippen LogP contribution in [-0.4, -0.2) is 65.1 Å². The van der Waals surface area contributed by atoms with E-state index < -0.39 is 17.0 Å². The van der Waals surface area contributed by atoms with E-state index in [1.54, 1.807) is 25.8 Å². The fourth-order valence-electron chi connectivity index (χ4n) is 5.19. The molecule has 8 nitrogen and oxygen atoms in total. The SMILES string of the molecule is CN1N=C2CCN(C(=O)[C@@H](CCCc3ccccc3)NC(=O)C(C)(C)N)C[C@@]2(Cc2ccccc2)C1=O.Cl. The summed E-state index contributed by atoms with van der Waals surface area (Å²) in [6, 6.07) is 19.2. The van der Waals surface area contributed by atoms with E-state index >= 15 is 0 Å². The summed E-state index contributed by atoms with van der Waals surface area (Å²) in [6.07, 6.45) is 2.99. The van der Waals surface area contributed by atoms with Crippen LogP contribution in [-0.2, 0) is 27.2 Å². The molecular formula is C29H38ClN5O3. The highest BCUT2D eigenvalue weighted by molar-refractivity contribution is 6.13. The van der Waals surface area contributed by atoms with Gasteiger partial charge in [0.2, 0.25) is 11.8 Å². The summed E-state index contributed by atoms with van der Waals surface area (Å²) in [4.78, 5) is 41.8. The van der Waals surface area contributed by atoms with Crippen LogP contribution in [0.3, 0.4) is 0 Å². The molecule has 4 rings (SSSR count). The second kappa shape index (κ2) is 12.1. The van der Waals surface area contributed by atoms with Crippen LogP contribution in [0.15, 0.2) is 65.8 Å². The molecule has 2 aliphatic heterocycles. The molecule has 0 bridgehead atoms. The first-order valence-corrected chi connectivity index (χ1v) is 12.9. The number of likely N-dealkylation sites (tertiary alicyclic amines) is 1. The van der Waals surface area contributed by atoms with E-state index in [1.807, 2.05) is 48.5 Å². The molecule has 0 radical (unpaired) electrons. The molecule has 1 fully saturated rings. The van der Waals surface area contributed by atoms with Crippen LogP contribution in [0.1, 0.15) is 44.2 Å². The van der Waals surface area contributed by atoms with E-state index in [9.17, 15) is 14.4 Å². The minimum absolute atomic E-state index is 0. The highest BCUT2D eigenvalue weighted by Gasteiger charge is 2.53. The van der Waals surface area contributed by atoms with Crippen molar-refractivity contribution in [3.63, 3.8) is 0 Å². The van der Waals surface area contributed by atoms with E-state index in [0.717, 1.165) is 24.1 Å². The quantitative estimate of drug-likeness (QED) is 0.510. The molecule has 0 aromatic heterocycles. The highest BCUT2D eigenvalue weighted by Crippen LogP contribution is 2.38. The van der Waals surface area contributed by atoms with Crippen molar-refractivity contribution in [2.24, 2.45) is 16.3 Å². The van der Waals surface area contributed by atoms with E-state index in [-0.39, 0.29) is 36.7 Å². The smallest absolute Gasteiger partial charge is 0.256 e. The van der Waals surface area contributed by atoms with Crippen LogP contribution < -0.4 is 11.1 Å². The molecule has 0 unspecified atom stereocenters. The molecule has 0 spiro atoms. The number of rotatable bonds is 9. The lowest BCUT2D eigenvalue weighted by molar-refractivity contribution is -0.142. The summed E-state index contributed by atoms with van der Waals surface area (Å²) in [5, 5.41) is 8.85. The van der Waals surface area contributed by atoms with Gasteiger partial charge in [0.05, 0.1) is 11.3 Å². The van der Waals surface area contributed by atoms with Crippen molar-refractivity contribution in [2.75, 3.05) is 20.1 Å². The number of nitrogens with zero attached hydrogens (tertiary/aromatic N) is 3. The Morgan fingerprint density at radius 1 is 1.08 bits per heavy atom. The first kappa shape index (κ1) is 29.3. The van der Waals surface area contributed by atoms with Crippen molar-refractivity contribution in [3.05, 3.63) is 71.8 Å². The lowest BCUT2D eigenvalue weighted by Gasteiger charge is -2.41. The zero-order valence-corrected chi connectivity index (χ0v) is 23.2. The summed E-state index contributed by atoms with van der Waals surface area (Å²) in [5.74, 6) is -0.656. The highest BCUT2D eigenvalue weighted by atomic mass is 35.5. The van der Waals surface area contributed by atoms with Gasteiger partial charge >= 0.3 is 0 Å². The molecule has 38 heavy (non-hydrogen) atoms. The van der Waals surface area contributed by atoms with Gasteiger partial charge in [-0.15, -0.1) is 12.4 Å². The van der Waals surface area contributed by atoms with Gasteiger partial charge in [-0.25, -0.2) is 5.01 Å². The van der Waals surface area contributed by atoms with Crippen LogP contribution in [0.5, 0.6) is 0 Å². The van der Waals surface area contributed by atoms with Gasteiger partial charge in [0.25, 0.3) is 5.91 Å². The molecule has 2 heterocycles. The minimum Gasteiger partial charge on any atom is -0.343 e. The maximum atomic E-state index is 13.9. The lowest BCUT2D eigenvalue weighted by atomic mass is 9.73. The van der Waals surface area contributed by atoms with Crippen molar-refractivity contribution in [2.45, 2.75) is 57.5 Å². The van der Waals surface area contributed by atoms with Gasteiger partial charge in [-0.3, -0.25) is 14.4 Å². The summed E-state index contributed by atoms with van der Waals surface area (Å²) >= 11 is 0. The van der Waals surface area contributed by atoms with Gasteiger partial charge < -0.3 is 16.0 Å². The summed E-state index contributed by atoms with van der Waals surface area (Å²) in [5.41, 5.74) is 7.05. The van der Waals surface area contributed by atoms with Crippen LogP contribution in [0, 0.1) is 5.41 Å². The number of nitrogens with two attached hydrogens (primary N) is 1. The van der Waals surface area contributed by atoms with Crippen LogP contribution in [0.2, 0.25) is 0 Å². The molecule has 2 aromatic rings. The third-order valence-corrected chi connectivity index (χ3v) is 7.26. The molecule has 2 aliphatic rings. The fourth-order valence-corrected chi connectivity index (χ4v) is 5.19. The van der Waals surface area contributed by atoms with Crippen molar-refractivity contribution in [1.29, 1.82) is 0 Å². The lowest BCUT2D eigenvalue weighted by Crippen LogP contribution is -2.60. The minimum atomic E-state index is -1.11. The van der Waals surface area contributed by atoms with Gasteiger partial charge in [0.1, 0.15) is 11.5 Å². The maximum absolute atomic E-state index is 13.9. The molecule has 0 aliphatic carbocycles. The predicted octanol–water partition coefficient (Wildman–Crippen LogP) is 2.94. The Morgan fingerprint density at radius 3 is 2.29 bits per heavy atom. The largest absolute Gasteiger partial charge is 0.343 e. The average Bonchev–Trinajstić information content (AvgIpc) is 3.12. The molecule has 9 heteroatoms. The Morgan fingerprint density at radius 2 is 1.68 bits per heavy atom. The number of hydrazone groups is 1. The fraction of sp³-hybridized carbons (Fsp3) is 0.448. The third-order valence-electron chi connectivity index (χ3n) is 7.26. The number of carbonyl (C=O) groups is 3. The van der Waals surface area contributed by atoms with E-state index in [2.05, 4.69) is 22.6 Å². The molecule has 3 amide bonds. The zero-order valence-electron chi connectivity index (χ0n) is 22.4. The number of fused-ring (bicyclic) bond motifs is 1. The average molecular weight is 540 g/mol. The number of piperidine rings is 1. The van der Waals surface area contributed by atoms with Crippen molar-refractivity contribution in [3.8, 4) is 0 Å². The van der Waals surface area contributed by atoms with Gasteiger partial charge in [0.15, 0.2) is 0 Å². The van der Waals surface area contributed by atoms with Gasteiger partial charge in [-0.1, -0.05) is 60.7 Å². The second-order valence-corrected chi connectivity index (χ2v) is 10.8. The number of hydrogen-bond donors (Lipinski definition) is 2. The number of benzene rings is 2. The number of amides is 3. The Labute approximate surface area is 231 Å². The van der Waals surface area contributed by atoms with E-state index in [1.165, 1.54) is 10.6 Å². The molecule has 204 valence electrons. The number of nitrogens with one attached hydrogen (secondary N) is 1. The summed E-state index contributed by atoms with van der Waals surface area (Å²) in [7, 11) is 1.67. The van der Waals surface area contributed by atoms with Gasteiger partial charge in [-0.2, -0.15) is 5.10 Å². The van der Waals surface area contributed by atoms with Crippen LogP contribution in [0.4, 0.5) is 0 Å². The topological polar surface area (TPSA) is 108 Å². The van der Waals surface area contributed by atoms with Gasteiger partial charge in [-0.05, 0) is 50.7 Å². The van der Waals surface area contributed by atoms with Crippen molar-refractivity contribution < 1.29 is 14.4 Å². The van der Waals surface area contributed by atoms with Crippen molar-refractivity contribution >= 4 is 35.8 Å². The Bertz CT molecular complexity index is 1170. The number of halogens is 1. The van der Waals surface area contributed by atoms with Crippen LogP contribution in [0.25, 0.3) is 0 Å². The molecule has 0 saturated carbocycles. The normalized spacial score (nSPS) is 19.8. The molecular weight excluding hydrogens is 502 g/mol. The molecule has 2 atom stereocenters. The Kier molecular flexibility index (Phi) is 9.33. The van der Waals surface area contributed by atoms with E-state index in [4.69, 9.17) is 5.73 Å². The molecule has 3 N–H and O–H groups in total. The monoisotopic (exact) mass is 539 g/mol. The van der Waals surface area contributed by atoms with Crippen LogP contribution >= 0.6 is 12.4 Å². The number of hydrogen-bond acceptors (Lipinski definition) is 5. The number of carbonyl (C=O) groups excluding carboxylic acids is 3. The molecule has 1 saturated heterocycles. The standard InChI is InChI=1S/C29H37N5O3.ClH/c1-28(2,30)26(36)31-23(16-10-15-21-11-6-4-7-12-21)25(35)34-18-17-24-29(20-34,27(37)33(3)32-24)19-22-13-8-5-9-14-22;/h4-9,11-14,23H,10,15-20,30H2,1-3H3,(H,31,36);1H/t23-,29-;/m1./s1. The maximum Gasteiger partial charge on any atom is 0.256 e.